The van der Waals surface area contributed by atoms with Gasteiger partial charge in [0.25, 0.3) is 0 Å². The minimum Gasteiger partial charge on any atom is -0.332 e. The van der Waals surface area contributed by atoms with E-state index in [4.69, 9.17) is 0 Å². The number of piperidine rings is 2. The zero-order chi connectivity index (χ0) is 18.1. The summed E-state index contributed by atoms with van der Waals surface area (Å²) in [5.41, 5.74) is -0.463. The van der Waals surface area contributed by atoms with E-state index in [1.54, 1.807) is 11.0 Å². The molecule has 0 N–H and O–H groups in total. The largest absolute Gasteiger partial charge is 0.332 e. The molecule has 5 nitrogen and oxygen atoms in total. The molecule has 2 saturated heterocycles. The highest BCUT2D eigenvalue weighted by atomic mass is 32.2. The topological polar surface area (TPSA) is 57.7 Å². The maximum absolute atomic E-state index is 13.1. The van der Waals surface area contributed by atoms with Gasteiger partial charge in [0.1, 0.15) is 5.82 Å². The van der Waals surface area contributed by atoms with Gasteiger partial charge in [0.2, 0.25) is 15.9 Å². The smallest absolute Gasteiger partial charge is 0.243 e. The van der Waals surface area contributed by atoms with E-state index in [0.717, 1.165) is 31.4 Å². The Bertz CT molecular complexity index is 759. The molecule has 3 rings (SSSR count). The highest BCUT2D eigenvalue weighted by Gasteiger charge is 2.47. The first-order valence-corrected chi connectivity index (χ1v) is 10.0. The predicted octanol–water partition coefficient (Wildman–Crippen LogP) is 2.55. The Labute approximate surface area is 148 Å². The van der Waals surface area contributed by atoms with Crippen molar-refractivity contribution in [2.24, 2.45) is 0 Å². The van der Waals surface area contributed by atoms with Crippen LogP contribution in [0.1, 0.15) is 32.1 Å². The van der Waals surface area contributed by atoms with E-state index in [9.17, 15) is 17.6 Å². The van der Waals surface area contributed by atoms with E-state index in [0.29, 0.717) is 25.9 Å². The molecule has 0 unspecified atom stereocenters. The van der Waals surface area contributed by atoms with Gasteiger partial charge in [0, 0.05) is 26.1 Å². The lowest BCUT2D eigenvalue weighted by Crippen LogP contribution is -2.63. The van der Waals surface area contributed by atoms with Crippen molar-refractivity contribution in [3.63, 3.8) is 0 Å². The summed E-state index contributed by atoms with van der Waals surface area (Å²) < 4.78 is 40.5. The third-order valence-electron chi connectivity index (χ3n) is 5.19. The first-order chi connectivity index (χ1) is 11.9. The van der Waals surface area contributed by atoms with E-state index in [1.165, 1.54) is 16.4 Å². The monoisotopic (exact) mass is 366 g/mol. The summed E-state index contributed by atoms with van der Waals surface area (Å²) in [6, 6.07) is 4.89. The summed E-state index contributed by atoms with van der Waals surface area (Å²) >= 11 is 0. The van der Waals surface area contributed by atoms with Crippen molar-refractivity contribution in [3.8, 4) is 0 Å². The lowest BCUT2D eigenvalue weighted by atomic mass is 9.80. The summed E-state index contributed by atoms with van der Waals surface area (Å²) in [7, 11) is -3.71. The molecule has 25 heavy (non-hydrogen) atoms. The second kappa shape index (κ2) is 6.88. The second-order valence-corrected chi connectivity index (χ2v) is 8.70. The number of carbonyl (C=O) groups excluding carboxylic acids is 1. The summed E-state index contributed by atoms with van der Waals surface area (Å²) in [6.07, 6.45) is 5.25. The van der Waals surface area contributed by atoms with Crippen LogP contribution in [0.25, 0.3) is 0 Å². The van der Waals surface area contributed by atoms with Gasteiger partial charge in [0.05, 0.1) is 10.4 Å². The van der Waals surface area contributed by atoms with Gasteiger partial charge in [-0.1, -0.05) is 6.08 Å². The van der Waals surface area contributed by atoms with Crippen LogP contribution < -0.4 is 0 Å². The van der Waals surface area contributed by atoms with Gasteiger partial charge >= 0.3 is 0 Å². The molecule has 2 heterocycles. The molecular formula is C18H23FN2O3S. The van der Waals surface area contributed by atoms with Gasteiger partial charge in [-0.2, -0.15) is 4.31 Å². The molecule has 0 saturated carbocycles. The van der Waals surface area contributed by atoms with Crippen LogP contribution in [0, 0.1) is 5.82 Å². The molecule has 1 aromatic rings. The molecule has 2 aliphatic rings. The fourth-order valence-corrected chi connectivity index (χ4v) is 5.54. The number of amides is 1. The number of hydrogen-bond donors (Lipinski definition) is 0. The van der Waals surface area contributed by atoms with Crippen LogP contribution in [-0.4, -0.2) is 48.7 Å². The van der Waals surface area contributed by atoms with Crippen molar-refractivity contribution in [2.75, 3.05) is 19.6 Å². The first kappa shape index (κ1) is 18.1. The molecule has 7 heteroatoms. The Morgan fingerprint density at radius 1 is 1.20 bits per heavy atom. The molecule has 1 atom stereocenters. The van der Waals surface area contributed by atoms with Gasteiger partial charge in [-0.3, -0.25) is 4.79 Å². The van der Waals surface area contributed by atoms with Gasteiger partial charge < -0.3 is 4.90 Å². The zero-order valence-corrected chi connectivity index (χ0v) is 15.0. The summed E-state index contributed by atoms with van der Waals surface area (Å²) in [5, 5.41) is 0. The van der Waals surface area contributed by atoms with Gasteiger partial charge in [0.15, 0.2) is 0 Å². The molecule has 2 aliphatic heterocycles. The first-order valence-electron chi connectivity index (χ1n) is 8.56. The number of likely N-dealkylation sites (tertiary alicyclic amines) is 1. The Hall–Kier alpha value is -1.73. The number of benzene rings is 1. The molecule has 136 valence electrons. The van der Waals surface area contributed by atoms with Crippen LogP contribution in [0.2, 0.25) is 0 Å². The maximum Gasteiger partial charge on any atom is 0.243 e. The molecule has 1 aromatic carbocycles. The molecule has 0 bridgehead atoms. The summed E-state index contributed by atoms with van der Waals surface area (Å²) in [6.45, 7) is 4.86. The predicted molar refractivity (Wildman–Crippen MR) is 92.9 cm³/mol. The molecule has 0 aliphatic carbocycles. The van der Waals surface area contributed by atoms with Gasteiger partial charge in [-0.05, 0) is 49.9 Å². The van der Waals surface area contributed by atoms with Crippen LogP contribution in [0.15, 0.2) is 41.8 Å². The van der Waals surface area contributed by atoms with Crippen molar-refractivity contribution in [1.82, 2.24) is 9.21 Å². The lowest BCUT2D eigenvalue weighted by Gasteiger charge is -2.51. The van der Waals surface area contributed by atoms with Crippen LogP contribution in [-0.2, 0) is 14.8 Å². The van der Waals surface area contributed by atoms with Crippen molar-refractivity contribution in [1.29, 1.82) is 0 Å². The highest BCUT2D eigenvalue weighted by molar-refractivity contribution is 7.89. The lowest BCUT2D eigenvalue weighted by molar-refractivity contribution is -0.143. The molecular weight excluding hydrogens is 343 g/mol. The number of halogens is 1. The Morgan fingerprint density at radius 3 is 2.56 bits per heavy atom. The molecule has 0 aromatic heterocycles. The summed E-state index contributed by atoms with van der Waals surface area (Å²) in [4.78, 5) is 14.3. The number of sulfonamides is 1. The van der Waals surface area contributed by atoms with Gasteiger partial charge in [-0.25, -0.2) is 12.8 Å². The van der Waals surface area contributed by atoms with Crippen molar-refractivity contribution in [3.05, 3.63) is 42.7 Å². The average molecular weight is 366 g/mol. The minimum atomic E-state index is -3.71. The quantitative estimate of drug-likeness (QED) is 0.770. The standard InChI is InChI=1S/C18H23FN2O3S/c1-2-12-21-17(22)5-3-10-18(21)11-4-13-20(14-18)25(23,24)16-8-6-15(19)7-9-16/h2,6-9H,1,3-5,10-14H2/t18-/m0/s1. The molecule has 2 fully saturated rings. The number of carbonyl (C=O) groups is 1. The minimum absolute atomic E-state index is 0.0622. The van der Waals surface area contributed by atoms with Crippen molar-refractivity contribution >= 4 is 15.9 Å². The normalized spacial score (nSPS) is 25.3. The van der Waals surface area contributed by atoms with E-state index in [-0.39, 0.29) is 17.3 Å². The van der Waals surface area contributed by atoms with Crippen LogP contribution in [0.4, 0.5) is 4.39 Å². The number of nitrogens with zero attached hydrogens (tertiary/aromatic N) is 2. The second-order valence-electron chi connectivity index (χ2n) is 6.77. The maximum atomic E-state index is 13.1. The SMILES string of the molecule is C=CCN1C(=O)CCC[C@@]12CCCN(S(=O)(=O)c1ccc(F)cc1)C2. The van der Waals surface area contributed by atoms with Gasteiger partial charge in [-0.15, -0.1) is 6.58 Å². The Kier molecular flexibility index (Phi) is 4.97. The van der Waals surface area contributed by atoms with E-state index >= 15 is 0 Å². The summed E-state index contributed by atoms with van der Waals surface area (Å²) in [5.74, 6) is -0.406. The van der Waals surface area contributed by atoms with E-state index < -0.39 is 21.4 Å². The average Bonchev–Trinajstić information content (AvgIpc) is 2.59. The number of hydrogen-bond acceptors (Lipinski definition) is 3. The molecule has 1 spiro atoms. The third kappa shape index (κ3) is 3.35. The van der Waals surface area contributed by atoms with Crippen molar-refractivity contribution in [2.45, 2.75) is 42.5 Å². The number of rotatable bonds is 4. The Balaban J connectivity index is 1.90. The Morgan fingerprint density at radius 2 is 1.88 bits per heavy atom. The van der Waals surface area contributed by atoms with E-state index in [1.807, 2.05) is 0 Å². The highest BCUT2D eigenvalue weighted by Crippen LogP contribution is 2.38. The molecule has 1 amide bonds. The van der Waals surface area contributed by atoms with E-state index in [2.05, 4.69) is 6.58 Å². The van der Waals surface area contributed by atoms with Crippen LogP contribution in [0.5, 0.6) is 0 Å². The van der Waals surface area contributed by atoms with Crippen LogP contribution >= 0.6 is 0 Å². The van der Waals surface area contributed by atoms with Crippen molar-refractivity contribution < 1.29 is 17.6 Å². The zero-order valence-electron chi connectivity index (χ0n) is 14.2. The molecule has 0 radical (unpaired) electrons. The van der Waals surface area contributed by atoms with Crippen LogP contribution in [0.3, 0.4) is 0 Å². The third-order valence-corrected chi connectivity index (χ3v) is 7.05. The fourth-order valence-electron chi connectivity index (χ4n) is 3.98. The fraction of sp³-hybridized carbons (Fsp3) is 0.500.